The monoisotopic (exact) mass is 266 g/mol. The molecule has 1 atom stereocenters. The fourth-order valence-electron chi connectivity index (χ4n) is 0.883. The molecular weight excluding hydrogens is 257 g/mol. The first-order chi connectivity index (χ1) is 5.97. The molecule has 4 nitrogen and oxygen atoms in total. The van der Waals surface area contributed by atoms with Gasteiger partial charge >= 0.3 is 7.60 Å². The van der Waals surface area contributed by atoms with Crippen LogP contribution in [-0.4, -0.2) is 12.0 Å². The Kier molecular flexibility index (Phi) is 3.24. The predicted molar refractivity (Wildman–Crippen MR) is 51.8 cm³/mol. The fraction of sp³-hybridized carbons (Fsp3) is 0.286. The van der Waals surface area contributed by atoms with Gasteiger partial charge in [-0.15, -0.1) is 0 Å². The Morgan fingerprint density at radius 1 is 1.69 bits per heavy atom. The summed E-state index contributed by atoms with van der Waals surface area (Å²) in [6, 6.07) is 1.55. The van der Waals surface area contributed by atoms with Gasteiger partial charge in [-0.1, -0.05) is 0 Å². The number of halogens is 1. The van der Waals surface area contributed by atoms with E-state index in [1.807, 2.05) is 7.05 Å². The van der Waals surface area contributed by atoms with Gasteiger partial charge in [0.1, 0.15) is 7.05 Å². The van der Waals surface area contributed by atoms with Gasteiger partial charge in [0.15, 0.2) is 12.4 Å². The molecule has 1 rings (SSSR count). The van der Waals surface area contributed by atoms with Crippen LogP contribution in [0, 0.1) is 0 Å². The van der Waals surface area contributed by atoms with Crippen molar-refractivity contribution >= 4 is 28.8 Å². The van der Waals surface area contributed by atoms with Crippen LogP contribution in [0.15, 0.2) is 22.9 Å². The van der Waals surface area contributed by atoms with Crippen molar-refractivity contribution in [3.8, 4) is 0 Å². The highest BCUT2D eigenvalue weighted by molar-refractivity contribution is 9.10. The molecule has 0 spiro atoms. The number of aryl methyl sites for hydroxylation is 1. The third-order valence-corrected chi connectivity index (χ3v) is 4.01. The number of hydrogen-bond acceptors (Lipinski definition) is 2. The summed E-state index contributed by atoms with van der Waals surface area (Å²) in [5.74, 6) is 0. The summed E-state index contributed by atoms with van der Waals surface area (Å²) < 4.78 is 18.3. The normalized spacial score (nSPS) is 15.4. The molecule has 0 aliphatic rings. The van der Waals surface area contributed by atoms with E-state index in [1.54, 1.807) is 23.0 Å². The van der Waals surface area contributed by atoms with Gasteiger partial charge in [0.2, 0.25) is 0 Å². The van der Waals surface area contributed by atoms with Crippen LogP contribution >= 0.6 is 23.5 Å². The maximum absolute atomic E-state index is 11.4. The average molecular weight is 267 g/mol. The zero-order chi connectivity index (χ0) is 10.1. The average Bonchev–Trinajstić information content (AvgIpc) is 2.03. The summed E-state index contributed by atoms with van der Waals surface area (Å²) in [6.07, 6.45) is 3.37. The lowest BCUT2D eigenvalue weighted by molar-refractivity contribution is -0.671. The molecule has 0 saturated carbocycles. The molecule has 1 heterocycles. The SMILES string of the molecule is COP(=O)(O)c1cc[n+](C)cc1Br. The van der Waals surface area contributed by atoms with E-state index in [-0.39, 0.29) is 5.30 Å². The van der Waals surface area contributed by atoms with Gasteiger partial charge in [0.25, 0.3) is 0 Å². The number of pyridine rings is 1. The van der Waals surface area contributed by atoms with E-state index in [4.69, 9.17) is 0 Å². The van der Waals surface area contributed by atoms with E-state index in [2.05, 4.69) is 20.5 Å². The Bertz CT molecular complexity index is 369. The topological polar surface area (TPSA) is 50.4 Å². The lowest BCUT2D eigenvalue weighted by atomic mass is 10.5. The second kappa shape index (κ2) is 3.88. The molecule has 13 heavy (non-hydrogen) atoms. The number of rotatable bonds is 2. The molecule has 0 aliphatic carbocycles. The van der Waals surface area contributed by atoms with Crippen molar-refractivity contribution in [1.82, 2.24) is 0 Å². The van der Waals surface area contributed by atoms with Crippen LogP contribution in [0.4, 0.5) is 0 Å². The number of nitrogens with zero attached hydrogens (tertiary/aromatic N) is 1. The van der Waals surface area contributed by atoms with Crippen molar-refractivity contribution in [1.29, 1.82) is 0 Å². The van der Waals surface area contributed by atoms with Crippen molar-refractivity contribution in [3.63, 3.8) is 0 Å². The van der Waals surface area contributed by atoms with E-state index in [1.165, 1.54) is 7.11 Å². The summed E-state index contributed by atoms with van der Waals surface area (Å²) in [5.41, 5.74) is 0. The molecule has 1 aromatic rings. The molecule has 1 aromatic heterocycles. The third-order valence-electron chi connectivity index (χ3n) is 1.58. The van der Waals surface area contributed by atoms with Crippen molar-refractivity contribution < 1.29 is 18.5 Å². The minimum absolute atomic E-state index is 0.271. The molecule has 0 bridgehead atoms. The Labute approximate surface area is 84.8 Å². The van der Waals surface area contributed by atoms with Gasteiger partial charge in [-0.25, -0.2) is 4.57 Å². The van der Waals surface area contributed by atoms with E-state index in [9.17, 15) is 9.46 Å². The second-order valence-corrected chi connectivity index (χ2v) is 5.29. The molecule has 1 N–H and O–H groups in total. The molecule has 0 saturated heterocycles. The lowest BCUT2D eigenvalue weighted by Gasteiger charge is -2.08. The molecule has 1 unspecified atom stereocenters. The summed E-state index contributed by atoms with van der Waals surface area (Å²) in [5, 5.41) is 0.271. The van der Waals surface area contributed by atoms with Crippen LogP contribution in [-0.2, 0) is 16.1 Å². The quantitative estimate of drug-likeness (QED) is 0.634. The Balaban J connectivity index is 3.24. The van der Waals surface area contributed by atoms with Crippen LogP contribution in [0.2, 0.25) is 0 Å². The Morgan fingerprint density at radius 3 is 2.77 bits per heavy atom. The smallest absolute Gasteiger partial charge is 0.321 e. The summed E-state index contributed by atoms with van der Waals surface area (Å²) in [7, 11) is -0.612. The number of aromatic nitrogens is 1. The highest BCUT2D eigenvalue weighted by Crippen LogP contribution is 2.41. The first-order valence-corrected chi connectivity index (χ1v) is 5.88. The van der Waals surface area contributed by atoms with Crippen molar-refractivity contribution in [3.05, 3.63) is 22.9 Å². The van der Waals surface area contributed by atoms with Gasteiger partial charge < -0.3 is 9.42 Å². The molecule has 0 radical (unpaired) electrons. The maximum atomic E-state index is 11.4. The summed E-state index contributed by atoms with van der Waals surface area (Å²) in [6.45, 7) is 0. The number of hydrogen-bond donors (Lipinski definition) is 1. The van der Waals surface area contributed by atoms with E-state index in [0.717, 1.165) is 0 Å². The minimum atomic E-state index is -3.64. The van der Waals surface area contributed by atoms with Crippen LogP contribution in [0.3, 0.4) is 0 Å². The summed E-state index contributed by atoms with van der Waals surface area (Å²) in [4.78, 5) is 9.36. The van der Waals surface area contributed by atoms with Gasteiger partial charge in [-0.2, -0.15) is 0 Å². The van der Waals surface area contributed by atoms with Crippen LogP contribution in [0.1, 0.15) is 0 Å². The molecule has 0 amide bonds. The third kappa shape index (κ3) is 2.38. The van der Waals surface area contributed by atoms with Crippen molar-refractivity contribution in [2.24, 2.45) is 7.05 Å². The Morgan fingerprint density at radius 2 is 2.31 bits per heavy atom. The minimum Gasteiger partial charge on any atom is -0.321 e. The van der Waals surface area contributed by atoms with Crippen LogP contribution in [0.5, 0.6) is 0 Å². The van der Waals surface area contributed by atoms with E-state index < -0.39 is 7.60 Å². The lowest BCUT2D eigenvalue weighted by Crippen LogP contribution is -2.29. The molecule has 0 aromatic carbocycles. The van der Waals surface area contributed by atoms with E-state index in [0.29, 0.717) is 4.47 Å². The van der Waals surface area contributed by atoms with Gasteiger partial charge in [-0.05, 0) is 15.9 Å². The molecule has 0 aliphatic heterocycles. The standard InChI is InChI=1S/C7H9BrNO3P/c1-9-4-3-7(6(8)5-9)13(10,11)12-2/h3-5H,1-2H3/p+1. The predicted octanol–water partition coefficient (Wildman–Crippen LogP) is 0.731. The molecule has 6 heteroatoms. The van der Waals surface area contributed by atoms with Gasteiger partial charge in [0, 0.05) is 13.2 Å². The van der Waals surface area contributed by atoms with Gasteiger partial charge in [-0.3, -0.25) is 4.57 Å². The zero-order valence-corrected chi connectivity index (χ0v) is 9.75. The summed E-state index contributed by atoms with van der Waals surface area (Å²) >= 11 is 3.19. The van der Waals surface area contributed by atoms with Gasteiger partial charge in [0.05, 0.1) is 9.78 Å². The largest absolute Gasteiger partial charge is 0.360 e. The van der Waals surface area contributed by atoms with Crippen LogP contribution in [0.25, 0.3) is 0 Å². The first-order valence-electron chi connectivity index (χ1n) is 3.51. The highest BCUT2D eigenvalue weighted by Gasteiger charge is 2.25. The Hall–Kier alpha value is -0.220. The first kappa shape index (κ1) is 10.9. The molecule has 72 valence electrons. The second-order valence-electron chi connectivity index (χ2n) is 2.55. The maximum Gasteiger partial charge on any atom is 0.360 e. The zero-order valence-electron chi connectivity index (χ0n) is 7.27. The highest BCUT2D eigenvalue weighted by atomic mass is 79.9. The van der Waals surface area contributed by atoms with E-state index >= 15 is 0 Å². The molecular formula is C7H10BrNO3P+. The van der Waals surface area contributed by atoms with Crippen LogP contribution < -0.4 is 9.87 Å². The van der Waals surface area contributed by atoms with Crippen molar-refractivity contribution in [2.75, 3.05) is 7.11 Å². The van der Waals surface area contributed by atoms with Crippen molar-refractivity contribution in [2.45, 2.75) is 0 Å². The fourth-order valence-corrected chi connectivity index (χ4v) is 2.79. The molecule has 0 fully saturated rings.